The van der Waals surface area contributed by atoms with Crippen molar-refractivity contribution < 1.29 is 0 Å². The van der Waals surface area contributed by atoms with Crippen LogP contribution < -0.4 is 5.32 Å². The first-order valence-corrected chi connectivity index (χ1v) is 7.15. The van der Waals surface area contributed by atoms with E-state index in [1.807, 2.05) is 6.20 Å². The zero-order valence-electron chi connectivity index (χ0n) is 11.9. The standard InChI is InChI=1S/C16H23N3/c1-3-12-19(4-2)13-11-18-16-15-8-6-5-7-14(15)9-10-17-16/h5-10H,3-4,11-13H2,1-2H3,(H,17,18). The molecule has 0 radical (unpaired) electrons. The third-order valence-corrected chi connectivity index (χ3v) is 3.38. The minimum atomic E-state index is 0.939. The number of hydrogen-bond donors (Lipinski definition) is 1. The van der Waals surface area contributed by atoms with Gasteiger partial charge in [0.1, 0.15) is 5.82 Å². The minimum Gasteiger partial charge on any atom is -0.368 e. The Morgan fingerprint density at radius 3 is 2.74 bits per heavy atom. The summed E-state index contributed by atoms with van der Waals surface area (Å²) in [6, 6.07) is 10.4. The highest BCUT2D eigenvalue weighted by atomic mass is 15.1. The van der Waals surface area contributed by atoms with E-state index >= 15 is 0 Å². The Labute approximate surface area is 115 Å². The Kier molecular flexibility index (Phi) is 5.16. The van der Waals surface area contributed by atoms with E-state index in [0.29, 0.717) is 0 Å². The Morgan fingerprint density at radius 1 is 1.11 bits per heavy atom. The molecule has 1 N–H and O–H groups in total. The Balaban J connectivity index is 1.98. The summed E-state index contributed by atoms with van der Waals surface area (Å²) in [5, 5.41) is 5.89. The Morgan fingerprint density at radius 2 is 1.95 bits per heavy atom. The summed E-state index contributed by atoms with van der Waals surface area (Å²) in [4.78, 5) is 6.90. The van der Waals surface area contributed by atoms with E-state index in [-0.39, 0.29) is 0 Å². The molecule has 102 valence electrons. The molecule has 19 heavy (non-hydrogen) atoms. The summed E-state index contributed by atoms with van der Waals surface area (Å²) in [5.74, 6) is 0.991. The molecule has 1 aromatic heterocycles. The second kappa shape index (κ2) is 7.10. The van der Waals surface area contributed by atoms with Gasteiger partial charge >= 0.3 is 0 Å². The lowest BCUT2D eigenvalue weighted by Gasteiger charge is -2.19. The second-order valence-corrected chi connectivity index (χ2v) is 4.74. The van der Waals surface area contributed by atoms with Gasteiger partial charge in [-0.3, -0.25) is 0 Å². The quantitative estimate of drug-likeness (QED) is 0.824. The fourth-order valence-electron chi connectivity index (χ4n) is 2.34. The van der Waals surface area contributed by atoms with E-state index in [4.69, 9.17) is 0 Å². The molecule has 0 amide bonds. The van der Waals surface area contributed by atoms with E-state index in [9.17, 15) is 0 Å². The molecule has 3 nitrogen and oxygen atoms in total. The Bertz CT molecular complexity index is 505. The fraction of sp³-hybridized carbons (Fsp3) is 0.438. The van der Waals surface area contributed by atoms with Crippen molar-refractivity contribution in [1.29, 1.82) is 0 Å². The molecule has 2 aromatic rings. The van der Waals surface area contributed by atoms with Gasteiger partial charge < -0.3 is 10.2 Å². The van der Waals surface area contributed by atoms with Gasteiger partial charge in [0.05, 0.1) is 0 Å². The molecule has 0 aliphatic heterocycles. The number of rotatable bonds is 7. The summed E-state index contributed by atoms with van der Waals surface area (Å²) >= 11 is 0. The number of likely N-dealkylation sites (N-methyl/N-ethyl adjacent to an activating group) is 1. The third kappa shape index (κ3) is 3.67. The molecule has 3 heteroatoms. The van der Waals surface area contributed by atoms with Crippen molar-refractivity contribution in [3.63, 3.8) is 0 Å². The first kappa shape index (κ1) is 13.8. The second-order valence-electron chi connectivity index (χ2n) is 4.74. The first-order valence-electron chi connectivity index (χ1n) is 7.15. The monoisotopic (exact) mass is 257 g/mol. The maximum atomic E-state index is 4.45. The van der Waals surface area contributed by atoms with Crippen LogP contribution in [0.2, 0.25) is 0 Å². The van der Waals surface area contributed by atoms with Crippen molar-refractivity contribution in [3.05, 3.63) is 36.5 Å². The van der Waals surface area contributed by atoms with Crippen molar-refractivity contribution in [2.24, 2.45) is 0 Å². The van der Waals surface area contributed by atoms with Crippen molar-refractivity contribution in [2.75, 3.05) is 31.5 Å². The number of fused-ring (bicyclic) bond motifs is 1. The summed E-state index contributed by atoms with van der Waals surface area (Å²) in [6.45, 7) is 8.72. The van der Waals surface area contributed by atoms with Crippen molar-refractivity contribution in [3.8, 4) is 0 Å². The molecule has 0 bridgehead atoms. The topological polar surface area (TPSA) is 28.2 Å². The fourth-order valence-corrected chi connectivity index (χ4v) is 2.34. The molecule has 0 fully saturated rings. The van der Waals surface area contributed by atoms with Crippen LogP contribution in [0.5, 0.6) is 0 Å². The Hall–Kier alpha value is -1.61. The van der Waals surface area contributed by atoms with Crippen LogP contribution in [0.3, 0.4) is 0 Å². The van der Waals surface area contributed by atoms with E-state index in [0.717, 1.165) is 25.5 Å². The SMILES string of the molecule is CCCN(CC)CCNc1nccc2ccccc12. The molecule has 0 unspecified atom stereocenters. The molecule has 0 aliphatic rings. The molecule has 2 rings (SSSR count). The van der Waals surface area contributed by atoms with Gasteiger partial charge in [-0.15, -0.1) is 0 Å². The highest BCUT2D eigenvalue weighted by Gasteiger charge is 2.03. The molecule has 1 heterocycles. The molecule has 0 saturated carbocycles. The van der Waals surface area contributed by atoms with Gasteiger partial charge in [0.25, 0.3) is 0 Å². The highest BCUT2D eigenvalue weighted by Crippen LogP contribution is 2.19. The molecular weight excluding hydrogens is 234 g/mol. The van der Waals surface area contributed by atoms with Gasteiger partial charge in [-0.2, -0.15) is 0 Å². The number of pyridine rings is 1. The van der Waals surface area contributed by atoms with Crippen LogP contribution in [0.15, 0.2) is 36.5 Å². The number of nitrogens with zero attached hydrogens (tertiary/aromatic N) is 2. The lowest BCUT2D eigenvalue weighted by Crippen LogP contribution is -2.29. The largest absolute Gasteiger partial charge is 0.368 e. The van der Waals surface area contributed by atoms with Gasteiger partial charge in [-0.25, -0.2) is 4.98 Å². The summed E-state index contributed by atoms with van der Waals surface area (Å²) in [7, 11) is 0. The van der Waals surface area contributed by atoms with Crippen molar-refractivity contribution >= 4 is 16.6 Å². The highest BCUT2D eigenvalue weighted by molar-refractivity contribution is 5.91. The number of anilines is 1. The summed E-state index contributed by atoms with van der Waals surface area (Å²) in [6.07, 6.45) is 3.08. The zero-order chi connectivity index (χ0) is 13.5. The molecule has 1 aromatic carbocycles. The molecule has 0 aliphatic carbocycles. The van der Waals surface area contributed by atoms with Crippen LogP contribution in [0.4, 0.5) is 5.82 Å². The lowest BCUT2D eigenvalue weighted by atomic mass is 10.1. The molecular formula is C16H23N3. The zero-order valence-corrected chi connectivity index (χ0v) is 11.9. The average molecular weight is 257 g/mol. The predicted molar refractivity (Wildman–Crippen MR) is 82.6 cm³/mol. The number of benzene rings is 1. The van der Waals surface area contributed by atoms with E-state index in [2.05, 4.69) is 59.4 Å². The molecule has 0 saturated heterocycles. The van der Waals surface area contributed by atoms with Crippen LogP contribution in [-0.4, -0.2) is 36.1 Å². The van der Waals surface area contributed by atoms with Gasteiger partial charge in [0, 0.05) is 24.7 Å². The van der Waals surface area contributed by atoms with Crippen molar-refractivity contribution in [1.82, 2.24) is 9.88 Å². The minimum absolute atomic E-state index is 0.939. The van der Waals surface area contributed by atoms with Crippen LogP contribution >= 0.6 is 0 Å². The van der Waals surface area contributed by atoms with Crippen molar-refractivity contribution in [2.45, 2.75) is 20.3 Å². The lowest BCUT2D eigenvalue weighted by molar-refractivity contribution is 0.300. The number of hydrogen-bond acceptors (Lipinski definition) is 3. The number of nitrogens with one attached hydrogen (secondary N) is 1. The van der Waals surface area contributed by atoms with Crippen LogP contribution in [0.1, 0.15) is 20.3 Å². The van der Waals surface area contributed by atoms with E-state index in [1.54, 1.807) is 0 Å². The summed E-state index contributed by atoms with van der Waals surface area (Å²) < 4.78 is 0. The third-order valence-electron chi connectivity index (χ3n) is 3.38. The van der Waals surface area contributed by atoms with Crippen LogP contribution in [-0.2, 0) is 0 Å². The maximum absolute atomic E-state index is 4.45. The normalized spacial score (nSPS) is 11.1. The van der Waals surface area contributed by atoms with Gasteiger partial charge in [0.15, 0.2) is 0 Å². The summed E-state index contributed by atoms with van der Waals surface area (Å²) in [5.41, 5.74) is 0. The van der Waals surface area contributed by atoms with Gasteiger partial charge in [0.2, 0.25) is 0 Å². The van der Waals surface area contributed by atoms with Gasteiger partial charge in [-0.05, 0) is 31.0 Å². The smallest absolute Gasteiger partial charge is 0.133 e. The van der Waals surface area contributed by atoms with Crippen LogP contribution in [0, 0.1) is 0 Å². The van der Waals surface area contributed by atoms with E-state index < -0.39 is 0 Å². The average Bonchev–Trinajstić information content (AvgIpc) is 2.46. The number of aromatic nitrogens is 1. The predicted octanol–water partition coefficient (Wildman–Crippen LogP) is 3.38. The van der Waals surface area contributed by atoms with E-state index in [1.165, 1.54) is 23.7 Å². The maximum Gasteiger partial charge on any atom is 0.133 e. The van der Waals surface area contributed by atoms with Crippen LogP contribution in [0.25, 0.3) is 10.8 Å². The molecule has 0 spiro atoms. The van der Waals surface area contributed by atoms with Gasteiger partial charge in [-0.1, -0.05) is 38.1 Å². The first-order chi connectivity index (χ1) is 9.35. The molecule has 0 atom stereocenters.